The number of hydrogen-bond donors (Lipinski definition) is 1. The number of ether oxygens (including phenoxy) is 2. The molecule has 1 saturated heterocycles. The van der Waals surface area contributed by atoms with Crippen molar-refractivity contribution in [3.63, 3.8) is 0 Å². The molecule has 1 fully saturated rings. The number of hydrazine groups is 1. The van der Waals surface area contributed by atoms with E-state index in [-0.39, 0.29) is 17.2 Å². The van der Waals surface area contributed by atoms with Crippen molar-refractivity contribution in [3.05, 3.63) is 119 Å². The van der Waals surface area contributed by atoms with Gasteiger partial charge in [-0.3, -0.25) is 24.4 Å². The second-order valence-corrected chi connectivity index (χ2v) is 10.6. The maximum atomic E-state index is 13.6. The number of nitrogens with one attached hydrogen (secondary N) is 1. The van der Waals surface area contributed by atoms with Crippen LogP contribution in [0.2, 0.25) is 0 Å². The van der Waals surface area contributed by atoms with Gasteiger partial charge in [0.25, 0.3) is 17.4 Å². The van der Waals surface area contributed by atoms with Gasteiger partial charge in [0.15, 0.2) is 11.5 Å². The molecule has 10 heteroatoms. The van der Waals surface area contributed by atoms with E-state index in [0.29, 0.717) is 39.5 Å². The molecule has 2 heterocycles. The minimum absolute atomic E-state index is 0.214. The minimum Gasteiger partial charge on any atom is -0.493 e. The predicted octanol–water partition coefficient (Wildman–Crippen LogP) is 4.99. The second kappa shape index (κ2) is 11.4. The maximum absolute atomic E-state index is 13.6. The lowest BCUT2D eigenvalue weighted by Crippen LogP contribution is -2.44. The van der Waals surface area contributed by atoms with E-state index in [0.717, 1.165) is 11.1 Å². The molecule has 1 N–H and O–H groups in total. The Morgan fingerprint density at radius 3 is 2.33 bits per heavy atom. The van der Waals surface area contributed by atoms with Gasteiger partial charge in [0.1, 0.15) is 11.2 Å². The zero-order valence-corrected chi connectivity index (χ0v) is 23.6. The molecule has 1 aromatic heterocycles. The first-order valence-corrected chi connectivity index (χ1v) is 14.2. The molecule has 42 heavy (non-hydrogen) atoms. The highest BCUT2D eigenvalue weighted by atomic mass is 32.2. The molecule has 2 amide bonds. The first-order chi connectivity index (χ1) is 20.5. The molecular formula is C32H26N4O5S. The SMILES string of the molecule is COc1ccc(C2SCC(=O)N2NC(=O)c2ccc(-n3c(-c4ccccc4)nc4ccccc4c3=O)cc2)cc1OC. The van der Waals surface area contributed by atoms with Gasteiger partial charge in [-0.05, 0) is 54.1 Å². The monoisotopic (exact) mass is 578 g/mol. The molecule has 9 nitrogen and oxygen atoms in total. The van der Waals surface area contributed by atoms with E-state index in [9.17, 15) is 14.4 Å². The summed E-state index contributed by atoms with van der Waals surface area (Å²) in [6.07, 6.45) is 0. The fraction of sp³-hybridized carbons (Fsp3) is 0.125. The van der Waals surface area contributed by atoms with Crippen molar-refractivity contribution < 1.29 is 19.1 Å². The second-order valence-electron chi connectivity index (χ2n) is 9.49. The van der Waals surface area contributed by atoms with E-state index in [1.807, 2.05) is 48.5 Å². The molecule has 1 aliphatic rings. The summed E-state index contributed by atoms with van der Waals surface area (Å²) < 4.78 is 12.3. The predicted molar refractivity (Wildman–Crippen MR) is 162 cm³/mol. The highest BCUT2D eigenvalue weighted by Crippen LogP contribution is 2.40. The van der Waals surface area contributed by atoms with Crippen LogP contribution in [0.4, 0.5) is 0 Å². The Hall–Kier alpha value is -5.09. The normalized spacial score (nSPS) is 14.7. The number of fused-ring (bicyclic) bond motifs is 1. The molecule has 4 aromatic carbocycles. The summed E-state index contributed by atoms with van der Waals surface area (Å²) in [6, 6.07) is 28.7. The van der Waals surface area contributed by atoms with Crippen molar-refractivity contribution >= 4 is 34.5 Å². The van der Waals surface area contributed by atoms with Crippen LogP contribution in [0.5, 0.6) is 11.5 Å². The number of thioether (sulfide) groups is 1. The molecular weight excluding hydrogens is 552 g/mol. The number of carbonyl (C=O) groups excluding carboxylic acids is 2. The zero-order valence-electron chi connectivity index (χ0n) is 22.8. The first kappa shape index (κ1) is 27.1. The lowest BCUT2D eigenvalue weighted by Gasteiger charge is -2.25. The number of benzene rings is 4. The molecule has 0 aliphatic carbocycles. The van der Waals surface area contributed by atoms with Gasteiger partial charge in [0.2, 0.25) is 0 Å². The Morgan fingerprint density at radius 2 is 1.60 bits per heavy atom. The largest absolute Gasteiger partial charge is 0.493 e. The van der Waals surface area contributed by atoms with E-state index < -0.39 is 11.3 Å². The van der Waals surface area contributed by atoms with E-state index >= 15 is 0 Å². The Kier molecular flexibility index (Phi) is 7.37. The number of rotatable bonds is 7. The van der Waals surface area contributed by atoms with Gasteiger partial charge in [-0.25, -0.2) is 9.99 Å². The van der Waals surface area contributed by atoms with E-state index in [2.05, 4.69) is 5.43 Å². The fourth-order valence-corrected chi connectivity index (χ4v) is 5.98. The fourth-order valence-electron chi connectivity index (χ4n) is 4.89. The van der Waals surface area contributed by atoms with Crippen molar-refractivity contribution in [1.82, 2.24) is 20.0 Å². The molecule has 5 aromatic rings. The maximum Gasteiger partial charge on any atom is 0.269 e. The van der Waals surface area contributed by atoms with Crippen LogP contribution in [0.1, 0.15) is 21.3 Å². The van der Waals surface area contributed by atoms with Crippen LogP contribution < -0.4 is 20.5 Å². The average Bonchev–Trinajstić information content (AvgIpc) is 3.40. The third-order valence-corrected chi connectivity index (χ3v) is 8.19. The summed E-state index contributed by atoms with van der Waals surface area (Å²) in [7, 11) is 3.10. The molecule has 0 radical (unpaired) electrons. The minimum atomic E-state index is -0.449. The van der Waals surface area contributed by atoms with Gasteiger partial charge < -0.3 is 9.47 Å². The molecule has 0 spiro atoms. The van der Waals surface area contributed by atoms with Crippen LogP contribution >= 0.6 is 11.8 Å². The van der Waals surface area contributed by atoms with Crippen LogP contribution in [-0.2, 0) is 4.79 Å². The lowest BCUT2D eigenvalue weighted by atomic mass is 10.1. The lowest BCUT2D eigenvalue weighted by molar-refractivity contribution is -0.130. The van der Waals surface area contributed by atoms with Crippen LogP contribution in [-0.4, -0.2) is 46.3 Å². The quantitative estimate of drug-likeness (QED) is 0.290. The molecule has 6 rings (SSSR count). The van der Waals surface area contributed by atoms with Gasteiger partial charge in [-0.1, -0.05) is 48.5 Å². The summed E-state index contributed by atoms with van der Waals surface area (Å²) >= 11 is 1.40. The summed E-state index contributed by atoms with van der Waals surface area (Å²) in [6.45, 7) is 0. The number of carbonyl (C=O) groups is 2. The molecule has 0 saturated carbocycles. The van der Waals surface area contributed by atoms with E-state index in [4.69, 9.17) is 14.5 Å². The summed E-state index contributed by atoms with van der Waals surface area (Å²) in [4.78, 5) is 44.5. The summed E-state index contributed by atoms with van der Waals surface area (Å²) in [5.74, 6) is 1.15. The van der Waals surface area contributed by atoms with Crippen LogP contribution in [0, 0.1) is 0 Å². The standard InChI is InChI=1S/C32H26N4O5S/c1-40-26-17-14-22(18-27(26)41-2)32-36(28(37)19-42-32)34-30(38)21-12-15-23(16-13-21)35-29(20-8-4-3-5-9-20)33-25-11-7-6-10-24(25)31(35)39/h3-18,32H,19H2,1-2H3,(H,34,38). The third kappa shape index (κ3) is 4.97. The number of aromatic nitrogens is 2. The molecule has 210 valence electrons. The van der Waals surface area contributed by atoms with Crippen LogP contribution in [0.3, 0.4) is 0 Å². The summed E-state index contributed by atoms with van der Waals surface area (Å²) in [5, 5.41) is 1.40. The van der Waals surface area contributed by atoms with Crippen LogP contribution in [0.15, 0.2) is 102 Å². The molecule has 0 bridgehead atoms. The number of para-hydroxylation sites is 1. The highest BCUT2D eigenvalue weighted by molar-refractivity contribution is 8.00. The van der Waals surface area contributed by atoms with E-state index in [1.165, 1.54) is 16.8 Å². The van der Waals surface area contributed by atoms with Gasteiger partial charge in [-0.15, -0.1) is 11.8 Å². The topological polar surface area (TPSA) is 103 Å². The Bertz CT molecular complexity index is 1860. The third-order valence-electron chi connectivity index (χ3n) is 6.98. The Labute approximate surface area is 245 Å². The van der Waals surface area contributed by atoms with E-state index in [1.54, 1.807) is 67.3 Å². The number of methoxy groups -OCH3 is 2. The Balaban J connectivity index is 1.30. The first-order valence-electron chi connectivity index (χ1n) is 13.1. The van der Waals surface area contributed by atoms with Crippen molar-refractivity contribution in [2.24, 2.45) is 0 Å². The average molecular weight is 579 g/mol. The van der Waals surface area contributed by atoms with Gasteiger partial charge in [-0.2, -0.15) is 0 Å². The van der Waals surface area contributed by atoms with Crippen molar-refractivity contribution in [1.29, 1.82) is 0 Å². The summed E-state index contributed by atoms with van der Waals surface area (Å²) in [5.41, 5.74) is 5.62. The number of nitrogens with zero attached hydrogens (tertiary/aromatic N) is 3. The van der Waals surface area contributed by atoms with Gasteiger partial charge in [0, 0.05) is 11.1 Å². The number of amides is 2. The van der Waals surface area contributed by atoms with Gasteiger partial charge in [0.05, 0.1) is 36.6 Å². The van der Waals surface area contributed by atoms with Crippen molar-refractivity contribution in [2.45, 2.75) is 5.37 Å². The van der Waals surface area contributed by atoms with Crippen molar-refractivity contribution in [3.8, 4) is 28.6 Å². The molecule has 1 unspecified atom stereocenters. The zero-order chi connectivity index (χ0) is 29.2. The van der Waals surface area contributed by atoms with Crippen molar-refractivity contribution in [2.75, 3.05) is 20.0 Å². The van der Waals surface area contributed by atoms with Crippen LogP contribution in [0.25, 0.3) is 28.0 Å². The molecule has 1 aliphatic heterocycles. The molecule has 1 atom stereocenters. The smallest absolute Gasteiger partial charge is 0.269 e. The highest BCUT2D eigenvalue weighted by Gasteiger charge is 2.35. The van der Waals surface area contributed by atoms with Gasteiger partial charge >= 0.3 is 0 Å². The number of hydrogen-bond acceptors (Lipinski definition) is 7. The Morgan fingerprint density at radius 1 is 0.881 bits per heavy atom.